The van der Waals surface area contributed by atoms with E-state index >= 15 is 0 Å². The standard InChI is InChI=1S/C20H24N2O/c1-2-20-9-5-10-21-11-8-16-15-6-3-4-7-17(15)22(14(12-20)13-23)18(16)19(20)21/h3-4,6-7,13-14,19H,2,5,8-12H2,1H3/t14?,19-,20-/m1/s1. The predicted molar refractivity (Wildman–Crippen MR) is 91.6 cm³/mol. The Morgan fingerprint density at radius 2 is 2.17 bits per heavy atom. The Labute approximate surface area is 137 Å². The van der Waals surface area contributed by atoms with Crippen molar-refractivity contribution in [3.05, 3.63) is 35.5 Å². The number of aldehydes is 1. The van der Waals surface area contributed by atoms with Gasteiger partial charge in [-0.25, -0.2) is 0 Å². The lowest BCUT2D eigenvalue weighted by Gasteiger charge is -2.56. The molecular formula is C20H24N2O. The van der Waals surface area contributed by atoms with Crippen molar-refractivity contribution in [2.24, 2.45) is 5.41 Å². The molecule has 3 aliphatic rings. The first-order valence-electron chi connectivity index (χ1n) is 9.10. The second kappa shape index (κ2) is 4.70. The molecule has 5 rings (SSSR count). The molecule has 2 aromatic rings. The summed E-state index contributed by atoms with van der Waals surface area (Å²) in [5.41, 5.74) is 4.56. The fourth-order valence-corrected chi connectivity index (χ4v) is 5.86. The van der Waals surface area contributed by atoms with Crippen LogP contribution in [0.4, 0.5) is 0 Å². The van der Waals surface area contributed by atoms with Crippen molar-refractivity contribution in [2.75, 3.05) is 13.1 Å². The Hall–Kier alpha value is -1.61. The Bertz CT molecular complexity index is 792. The van der Waals surface area contributed by atoms with Gasteiger partial charge in [-0.05, 0) is 55.7 Å². The molecule has 120 valence electrons. The molecule has 1 aromatic carbocycles. The molecule has 0 radical (unpaired) electrons. The van der Waals surface area contributed by atoms with E-state index in [1.54, 1.807) is 0 Å². The van der Waals surface area contributed by atoms with Crippen LogP contribution in [0.25, 0.3) is 10.9 Å². The molecule has 0 aliphatic carbocycles. The first-order chi connectivity index (χ1) is 11.3. The van der Waals surface area contributed by atoms with Gasteiger partial charge in [0.1, 0.15) is 6.29 Å². The molecule has 3 nitrogen and oxygen atoms in total. The van der Waals surface area contributed by atoms with Crippen LogP contribution in [-0.2, 0) is 11.2 Å². The van der Waals surface area contributed by atoms with Crippen LogP contribution in [0.3, 0.4) is 0 Å². The number of carbonyl (C=O) groups is 1. The average molecular weight is 308 g/mol. The molecular weight excluding hydrogens is 284 g/mol. The van der Waals surface area contributed by atoms with Crippen LogP contribution in [0.5, 0.6) is 0 Å². The number of para-hydroxylation sites is 1. The number of aromatic nitrogens is 1. The summed E-state index contributed by atoms with van der Waals surface area (Å²) in [4.78, 5) is 14.7. The number of benzene rings is 1. The third-order valence-electron chi connectivity index (χ3n) is 6.84. The number of fused-ring (bicyclic) bond motifs is 3. The molecule has 1 unspecified atom stereocenters. The normalized spacial score (nSPS) is 32.7. The van der Waals surface area contributed by atoms with Gasteiger partial charge in [0.2, 0.25) is 0 Å². The maximum atomic E-state index is 12.0. The highest BCUT2D eigenvalue weighted by atomic mass is 16.1. The lowest BCUT2D eigenvalue weighted by Crippen LogP contribution is -2.53. The Balaban J connectivity index is 1.87. The highest BCUT2D eigenvalue weighted by Crippen LogP contribution is 2.59. The quantitative estimate of drug-likeness (QED) is 0.787. The van der Waals surface area contributed by atoms with Crippen molar-refractivity contribution < 1.29 is 4.79 Å². The predicted octanol–water partition coefficient (Wildman–Crippen LogP) is 3.87. The molecule has 0 N–H and O–H groups in total. The molecule has 0 amide bonds. The van der Waals surface area contributed by atoms with Crippen molar-refractivity contribution >= 4 is 17.2 Å². The van der Waals surface area contributed by atoms with Gasteiger partial charge in [-0.2, -0.15) is 0 Å². The van der Waals surface area contributed by atoms with E-state index in [1.807, 2.05) is 0 Å². The second-order valence-corrected chi connectivity index (χ2v) is 7.67. The minimum atomic E-state index is 0.0119. The lowest BCUT2D eigenvalue weighted by molar-refractivity contribution is -0.114. The van der Waals surface area contributed by atoms with Crippen LogP contribution < -0.4 is 0 Å². The number of piperidine rings is 1. The Kier molecular flexibility index (Phi) is 2.82. The average Bonchev–Trinajstić information content (AvgIpc) is 2.95. The van der Waals surface area contributed by atoms with Gasteiger partial charge in [0.15, 0.2) is 0 Å². The van der Waals surface area contributed by atoms with Gasteiger partial charge < -0.3 is 9.36 Å². The minimum Gasteiger partial charge on any atom is -0.332 e. The van der Waals surface area contributed by atoms with E-state index in [-0.39, 0.29) is 6.04 Å². The third-order valence-corrected chi connectivity index (χ3v) is 6.84. The van der Waals surface area contributed by atoms with Crippen molar-refractivity contribution in [1.82, 2.24) is 9.47 Å². The smallest absolute Gasteiger partial charge is 0.142 e. The monoisotopic (exact) mass is 308 g/mol. The lowest BCUT2D eigenvalue weighted by atomic mass is 9.63. The number of rotatable bonds is 2. The van der Waals surface area contributed by atoms with Gasteiger partial charge in [-0.3, -0.25) is 4.90 Å². The first kappa shape index (κ1) is 13.8. The molecule has 3 atom stereocenters. The zero-order valence-electron chi connectivity index (χ0n) is 13.8. The minimum absolute atomic E-state index is 0.0119. The summed E-state index contributed by atoms with van der Waals surface area (Å²) in [6.45, 7) is 4.73. The molecule has 3 heteroatoms. The molecule has 1 saturated heterocycles. The second-order valence-electron chi connectivity index (χ2n) is 7.67. The first-order valence-corrected chi connectivity index (χ1v) is 9.10. The molecule has 3 aliphatic heterocycles. The van der Waals surface area contributed by atoms with E-state index in [9.17, 15) is 4.79 Å². The van der Waals surface area contributed by atoms with Crippen LogP contribution in [0, 0.1) is 5.41 Å². The van der Waals surface area contributed by atoms with Gasteiger partial charge in [0.25, 0.3) is 0 Å². The van der Waals surface area contributed by atoms with Crippen molar-refractivity contribution in [3.8, 4) is 0 Å². The fourth-order valence-electron chi connectivity index (χ4n) is 5.86. The highest BCUT2D eigenvalue weighted by Gasteiger charge is 2.52. The maximum Gasteiger partial charge on any atom is 0.142 e. The molecule has 1 fully saturated rings. The number of hydrogen-bond acceptors (Lipinski definition) is 2. The van der Waals surface area contributed by atoms with Crippen LogP contribution in [0.15, 0.2) is 24.3 Å². The fraction of sp³-hybridized carbons (Fsp3) is 0.550. The molecule has 23 heavy (non-hydrogen) atoms. The van der Waals surface area contributed by atoms with E-state index in [0.717, 1.165) is 12.8 Å². The topological polar surface area (TPSA) is 25.2 Å². The van der Waals surface area contributed by atoms with E-state index in [0.29, 0.717) is 11.5 Å². The third kappa shape index (κ3) is 1.61. The van der Waals surface area contributed by atoms with Crippen LogP contribution in [0.1, 0.15) is 55.9 Å². The Morgan fingerprint density at radius 1 is 1.30 bits per heavy atom. The van der Waals surface area contributed by atoms with Crippen molar-refractivity contribution in [2.45, 2.75) is 51.1 Å². The summed E-state index contributed by atoms with van der Waals surface area (Å²) in [5, 5.41) is 1.38. The van der Waals surface area contributed by atoms with Crippen molar-refractivity contribution in [3.63, 3.8) is 0 Å². The number of hydrogen-bond donors (Lipinski definition) is 0. The van der Waals surface area contributed by atoms with Gasteiger partial charge in [-0.15, -0.1) is 0 Å². The zero-order chi connectivity index (χ0) is 15.6. The van der Waals surface area contributed by atoms with Gasteiger partial charge in [0, 0.05) is 23.1 Å². The van der Waals surface area contributed by atoms with Crippen molar-refractivity contribution in [1.29, 1.82) is 0 Å². The van der Waals surface area contributed by atoms with E-state index in [4.69, 9.17) is 0 Å². The maximum absolute atomic E-state index is 12.0. The summed E-state index contributed by atoms with van der Waals surface area (Å²) in [7, 11) is 0. The molecule has 4 heterocycles. The summed E-state index contributed by atoms with van der Waals surface area (Å²) in [6.07, 6.45) is 7.08. The van der Waals surface area contributed by atoms with Crippen LogP contribution in [-0.4, -0.2) is 28.8 Å². The van der Waals surface area contributed by atoms with Gasteiger partial charge >= 0.3 is 0 Å². The van der Waals surface area contributed by atoms with Crippen LogP contribution in [0.2, 0.25) is 0 Å². The summed E-state index contributed by atoms with van der Waals surface area (Å²) < 4.78 is 2.40. The SMILES string of the molecule is CC[C@@]12CCCN3CCc4c(n(c5ccccc45)C(C=O)C1)[C@@H]32. The molecule has 0 saturated carbocycles. The highest BCUT2D eigenvalue weighted by molar-refractivity contribution is 5.87. The summed E-state index contributed by atoms with van der Waals surface area (Å²) >= 11 is 0. The summed E-state index contributed by atoms with van der Waals surface area (Å²) in [5.74, 6) is 0. The molecule has 1 aromatic heterocycles. The summed E-state index contributed by atoms with van der Waals surface area (Å²) in [6, 6.07) is 9.24. The zero-order valence-corrected chi connectivity index (χ0v) is 13.8. The van der Waals surface area contributed by atoms with Crippen LogP contribution >= 0.6 is 0 Å². The Morgan fingerprint density at radius 3 is 3.00 bits per heavy atom. The van der Waals surface area contributed by atoms with Gasteiger partial charge in [-0.1, -0.05) is 25.1 Å². The number of nitrogens with zero attached hydrogens (tertiary/aromatic N) is 2. The largest absolute Gasteiger partial charge is 0.332 e. The van der Waals surface area contributed by atoms with Gasteiger partial charge in [0.05, 0.1) is 12.1 Å². The number of carbonyl (C=O) groups excluding carboxylic acids is 1. The molecule has 0 bridgehead atoms. The van der Waals surface area contributed by atoms with E-state index < -0.39 is 0 Å². The van der Waals surface area contributed by atoms with E-state index in [1.165, 1.54) is 60.8 Å². The van der Waals surface area contributed by atoms with E-state index in [2.05, 4.69) is 40.7 Å². The molecule has 0 spiro atoms.